The highest BCUT2D eigenvalue weighted by Crippen LogP contribution is 2.39. The molecule has 1 aromatic carbocycles. The van der Waals surface area contributed by atoms with Crippen LogP contribution in [0.25, 0.3) is 0 Å². The summed E-state index contributed by atoms with van der Waals surface area (Å²) in [7, 11) is 0. The van der Waals surface area contributed by atoms with E-state index >= 15 is 0 Å². The Bertz CT molecular complexity index is 461. The number of piperidine rings is 2. The first-order chi connectivity index (χ1) is 8.16. The molecular weight excluding hydrogens is 212 g/mol. The van der Waals surface area contributed by atoms with E-state index < -0.39 is 0 Å². The van der Waals surface area contributed by atoms with Gasteiger partial charge in [-0.05, 0) is 56.4 Å². The zero-order chi connectivity index (χ0) is 12.0. The summed E-state index contributed by atoms with van der Waals surface area (Å²) in [6.45, 7) is 2.03. The van der Waals surface area contributed by atoms with Crippen LogP contribution in [0.2, 0.25) is 0 Å². The third-order valence-corrected chi connectivity index (χ3v) is 4.13. The van der Waals surface area contributed by atoms with Crippen molar-refractivity contribution in [3.63, 3.8) is 0 Å². The third kappa shape index (κ3) is 1.61. The molecule has 1 aliphatic carbocycles. The molecule has 90 valence electrons. The van der Waals surface area contributed by atoms with E-state index in [0.717, 1.165) is 42.6 Å². The number of nitrogen functional groups attached to an aromatic ring is 1. The van der Waals surface area contributed by atoms with E-state index in [1.807, 2.05) is 30.0 Å². The van der Waals surface area contributed by atoms with E-state index in [9.17, 15) is 4.79 Å². The quantitative estimate of drug-likeness (QED) is 0.753. The molecule has 2 aliphatic heterocycles. The number of nitrogens with zero attached hydrogens (tertiary/aromatic N) is 1. The van der Waals surface area contributed by atoms with Gasteiger partial charge in [-0.25, -0.2) is 0 Å². The number of hydrogen-bond acceptors (Lipinski definition) is 2. The Kier molecular flexibility index (Phi) is 2.35. The smallest absolute Gasteiger partial charge is 0.230 e. The highest BCUT2D eigenvalue weighted by atomic mass is 16.2. The summed E-state index contributed by atoms with van der Waals surface area (Å²) in [6.07, 6.45) is 4.46. The minimum Gasteiger partial charge on any atom is -0.399 e. The van der Waals surface area contributed by atoms with Crippen molar-refractivity contribution in [3.05, 3.63) is 23.8 Å². The normalized spacial score (nSPS) is 27.6. The summed E-state index contributed by atoms with van der Waals surface area (Å²) in [5.74, 6) is 0.581. The maximum atomic E-state index is 12.3. The van der Waals surface area contributed by atoms with Gasteiger partial charge in [-0.3, -0.25) is 4.79 Å². The van der Waals surface area contributed by atoms with Crippen molar-refractivity contribution in [1.82, 2.24) is 0 Å². The second-order valence-electron chi connectivity index (χ2n) is 5.26. The molecule has 0 atom stereocenters. The first-order valence-electron chi connectivity index (χ1n) is 6.36. The van der Waals surface area contributed by atoms with Crippen molar-refractivity contribution >= 4 is 17.3 Å². The van der Waals surface area contributed by atoms with Crippen molar-refractivity contribution in [2.75, 3.05) is 10.6 Å². The van der Waals surface area contributed by atoms with Crippen molar-refractivity contribution in [2.45, 2.75) is 38.6 Å². The van der Waals surface area contributed by atoms with E-state index in [1.165, 1.54) is 0 Å². The number of anilines is 2. The van der Waals surface area contributed by atoms with Crippen molar-refractivity contribution in [2.24, 2.45) is 5.92 Å². The molecule has 0 radical (unpaired) electrons. The van der Waals surface area contributed by atoms with Gasteiger partial charge >= 0.3 is 0 Å². The van der Waals surface area contributed by atoms with Crippen LogP contribution in [-0.4, -0.2) is 11.9 Å². The lowest BCUT2D eigenvalue weighted by Crippen LogP contribution is -2.52. The zero-order valence-electron chi connectivity index (χ0n) is 10.1. The molecule has 1 aromatic rings. The van der Waals surface area contributed by atoms with Crippen LogP contribution in [-0.2, 0) is 4.79 Å². The van der Waals surface area contributed by atoms with Crippen LogP contribution in [0.3, 0.4) is 0 Å². The predicted octanol–water partition coefficient (Wildman–Crippen LogP) is 2.48. The summed E-state index contributed by atoms with van der Waals surface area (Å²) in [4.78, 5) is 14.3. The Morgan fingerprint density at radius 1 is 1.24 bits per heavy atom. The predicted molar refractivity (Wildman–Crippen MR) is 68.8 cm³/mol. The molecule has 3 heteroatoms. The second kappa shape index (κ2) is 3.76. The maximum Gasteiger partial charge on any atom is 0.230 e. The van der Waals surface area contributed by atoms with Gasteiger partial charge in [0.05, 0.1) is 0 Å². The van der Waals surface area contributed by atoms with E-state index in [2.05, 4.69) is 0 Å². The molecule has 2 N–H and O–H groups in total. The molecule has 3 fully saturated rings. The summed E-state index contributed by atoms with van der Waals surface area (Å²) in [5.41, 5.74) is 8.69. The van der Waals surface area contributed by atoms with Crippen LogP contribution < -0.4 is 10.6 Å². The lowest BCUT2D eigenvalue weighted by molar-refractivity contribution is -0.126. The minimum absolute atomic E-state index is 0.261. The molecule has 17 heavy (non-hydrogen) atoms. The Balaban J connectivity index is 2.00. The van der Waals surface area contributed by atoms with Gasteiger partial charge in [0.15, 0.2) is 0 Å². The number of amides is 1. The minimum atomic E-state index is 0.261. The fourth-order valence-electron chi connectivity index (χ4n) is 3.22. The van der Waals surface area contributed by atoms with Crippen LogP contribution in [0.4, 0.5) is 11.4 Å². The Morgan fingerprint density at radius 2 is 1.94 bits per heavy atom. The van der Waals surface area contributed by atoms with Crippen LogP contribution in [0.5, 0.6) is 0 Å². The lowest BCUT2D eigenvalue weighted by atomic mass is 9.79. The number of fused-ring (bicyclic) bond motifs is 3. The van der Waals surface area contributed by atoms with Crippen molar-refractivity contribution in [3.8, 4) is 0 Å². The molecule has 2 bridgehead atoms. The first-order valence-corrected chi connectivity index (χ1v) is 6.36. The van der Waals surface area contributed by atoms with Gasteiger partial charge in [0.25, 0.3) is 0 Å². The number of nitrogens with two attached hydrogens (primary N) is 1. The van der Waals surface area contributed by atoms with Gasteiger partial charge in [0.1, 0.15) is 0 Å². The van der Waals surface area contributed by atoms with Crippen LogP contribution in [0, 0.1) is 12.8 Å². The Hall–Kier alpha value is -1.51. The number of rotatable bonds is 1. The standard InChI is InChI=1S/C14H18N2O/c1-9-8-11(15)4-7-13(9)16-12-5-2-10(3-6-12)14(16)17/h4,7-8,10,12H,2-3,5-6,15H2,1H3. The molecular formula is C14H18N2O. The summed E-state index contributed by atoms with van der Waals surface area (Å²) < 4.78 is 0. The van der Waals surface area contributed by atoms with Gasteiger partial charge < -0.3 is 10.6 Å². The van der Waals surface area contributed by atoms with Crippen molar-refractivity contribution in [1.29, 1.82) is 0 Å². The number of hydrogen-bond donors (Lipinski definition) is 1. The summed E-state index contributed by atoms with van der Waals surface area (Å²) in [5, 5.41) is 0. The SMILES string of the molecule is Cc1cc(N)ccc1N1C(=O)C2CCC1CC2. The van der Waals surface area contributed by atoms with Gasteiger partial charge in [-0.1, -0.05) is 0 Å². The molecule has 2 heterocycles. The fourth-order valence-corrected chi connectivity index (χ4v) is 3.22. The summed E-state index contributed by atoms with van der Waals surface area (Å²) in [6, 6.07) is 6.24. The Morgan fingerprint density at radius 3 is 2.53 bits per heavy atom. The van der Waals surface area contributed by atoms with Crippen LogP contribution in [0.15, 0.2) is 18.2 Å². The van der Waals surface area contributed by atoms with E-state index in [1.54, 1.807) is 0 Å². The molecule has 0 unspecified atom stereocenters. The number of carbonyl (C=O) groups excluding carboxylic acids is 1. The molecule has 2 saturated heterocycles. The van der Waals surface area contributed by atoms with Gasteiger partial charge in [0.2, 0.25) is 5.91 Å². The molecule has 1 amide bonds. The molecule has 3 nitrogen and oxygen atoms in total. The van der Waals surface area contributed by atoms with Gasteiger partial charge in [-0.15, -0.1) is 0 Å². The third-order valence-electron chi connectivity index (χ3n) is 4.13. The molecule has 4 rings (SSSR count). The number of benzene rings is 1. The number of aryl methyl sites for hydroxylation is 1. The zero-order valence-corrected chi connectivity index (χ0v) is 10.1. The van der Waals surface area contributed by atoms with Crippen molar-refractivity contribution < 1.29 is 4.79 Å². The molecule has 1 saturated carbocycles. The average Bonchev–Trinajstić information content (AvgIpc) is 2.32. The van der Waals surface area contributed by atoms with Gasteiger partial charge in [-0.2, -0.15) is 0 Å². The van der Waals surface area contributed by atoms with Crippen LogP contribution >= 0.6 is 0 Å². The molecule has 3 aliphatic rings. The van der Waals surface area contributed by atoms with Gasteiger partial charge in [0, 0.05) is 23.3 Å². The second-order valence-corrected chi connectivity index (χ2v) is 5.26. The molecule has 0 spiro atoms. The van der Waals surface area contributed by atoms with E-state index in [-0.39, 0.29) is 5.92 Å². The topological polar surface area (TPSA) is 46.3 Å². The molecule has 0 aromatic heterocycles. The summed E-state index contributed by atoms with van der Waals surface area (Å²) >= 11 is 0. The monoisotopic (exact) mass is 230 g/mol. The Labute approximate surface area is 102 Å². The largest absolute Gasteiger partial charge is 0.399 e. The highest BCUT2D eigenvalue weighted by molar-refractivity contribution is 5.98. The fraction of sp³-hybridized carbons (Fsp3) is 0.500. The first kappa shape index (κ1) is 10.6. The maximum absolute atomic E-state index is 12.3. The van der Waals surface area contributed by atoms with E-state index in [0.29, 0.717) is 11.9 Å². The van der Waals surface area contributed by atoms with E-state index in [4.69, 9.17) is 5.73 Å². The highest BCUT2D eigenvalue weighted by Gasteiger charge is 2.41. The van der Waals surface area contributed by atoms with Crippen LogP contribution in [0.1, 0.15) is 31.2 Å². The average molecular weight is 230 g/mol. The lowest BCUT2D eigenvalue weighted by Gasteiger charge is -2.45. The number of carbonyl (C=O) groups is 1.